The Morgan fingerprint density at radius 1 is 1.08 bits per heavy atom. The number of hydrogen-bond donors (Lipinski definition) is 1. The number of Topliss-reactive ketones (excluding diaryl/α,β-unsaturated/α-hetero) is 1. The molecule has 0 aliphatic carbocycles. The molecule has 1 aliphatic heterocycles. The molecule has 3 aromatic rings. The fraction of sp³-hybridized carbons (Fsp3) is 0.267. The molecule has 198 valence electrons. The van der Waals surface area contributed by atoms with E-state index in [2.05, 4.69) is 0 Å². The highest BCUT2D eigenvalue weighted by Gasteiger charge is 2.48. The van der Waals surface area contributed by atoms with Crippen LogP contribution in [0, 0.1) is 6.92 Å². The van der Waals surface area contributed by atoms with Gasteiger partial charge in [-0.05, 0) is 60.9 Å². The quantitative estimate of drug-likeness (QED) is 0.212. The highest BCUT2D eigenvalue weighted by molar-refractivity contribution is 6.52. The zero-order chi connectivity index (χ0) is 27.6. The number of aryl methyl sites for hydroxylation is 1. The van der Waals surface area contributed by atoms with Crippen molar-refractivity contribution in [3.8, 4) is 11.5 Å². The Kier molecular flexibility index (Phi) is 7.97. The van der Waals surface area contributed by atoms with Crippen LogP contribution in [0.25, 0.3) is 5.76 Å². The largest absolute Gasteiger partial charge is 0.507 e. The second kappa shape index (κ2) is 11.2. The van der Waals surface area contributed by atoms with Crippen LogP contribution in [0.4, 0.5) is 11.4 Å². The van der Waals surface area contributed by atoms with Crippen molar-refractivity contribution >= 4 is 40.4 Å². The Morgan fingerprint density at radius 2 is 1.76 bits per heavy atom. The number of halogens is 1. The maximum Gasteiger partial charge on any atom is 0.300 e. The van der Waals surface area contributed by atoms with Gasteiger partial charge in [0.1, 0.15) is 17.3 Å². The molecule has 0 radical (unpaired) electrons. The zero-order valence-electron chi connectivity index (χ0n) is 22.1. The second-order valence-electron chi connectivity index (χ2n) is 9.30. The topological polar surface area (TPSA) is 79.3 Å². The van der Waals surface area contributed by atoms with Gasteiger partial charge in [0.2, 0.25) is 0 Å². The molecule has 7 nitrogen and oxygen atoms in total. The lowest BCUT2D eigenvalue weighted by atomic mass is 9.94. The molecule has 4 rings (SSSR count). The van der Waals surface area contributed by atoms with E-state index in [9.17, 15) is 14.7 Å². The first-order valence-corrected chi connectivity index (χ1v) is 12.7. The molecule has 1 unspecified atom stereocenters. The van der Waals surface area contributed by atoms with Crippen molar-refractivity contribution in [3.63, 3.8) is 0 Å². The summed E-state index contributed by atoms with van der Waals surface area (Å²) < 4.78 is 11.4. The third kappa shape index (κ3) is 4.94. The summed E-state index contributed by atoms with van der Waals surface area (Å²) in [7, 11) is 5.29. The first kappa shape index (κ1) is 27.1. The zero-order valence-corrected chi connectivity index (χ0v) is 22.9. The summed E-state index contributed by atoms with van der Waals surface area (Å²) in [6, 6.07) is 17.1. The number of para-hydroxylation sites is 2. The Hall–Kier alpha value is -3.97. The monoisotopic (exact) mass is 534 g/mol. The lowest BCUT2D eigenvalue weighted by Crippen LogP contribution is -2.30. The molecular formula is C30H31ClN2O5. The van der Waals surface area contributed by atoms with Crippen molar-refractivity contribution in [1.82, 2.24) is 0 Å². The van der Waals surface area contributed by atoms with Crippen LogP contribution in [0.1, 0.15) is 36.1 Å². The van der Waals surface area contributed by atoms with Crippen molar-refractivity contribution in [2.24, 2.45) is 0 Å². The van der Waals surface area contributed by atoms with Crippen molar-refractivity contribution < 1.29 is 24.2 Å². The van der Waals surface area contributed by atoms with Gasteiger partial charge < -0.3 is 19.5 Å². The van der Waals surface area contributed by atoms with Crippen LogP contribution in [0.3, 0.4) is 0 Å². The number of benzene rings is 3. The fourth-order valence-corrected chi connectivity index (χ4v) is 4.95. The minimum Gasteiger partial charge on any atom is -0.507 e. The van der Waals surface area contributed by atoms with Gasteiger partial charge in [-0.3, -0.25) is 14.5 Å². The number of methoxy groups -OCH3 is 1. The lowest BCUT2D eigenvalue weighted by Gasteiger charge is -2.27. The number of ketones is 1. The van der Waals surface area contributed by atoms with Gasteiger partial charge in [0.15, 0.2) is 0 Å². The Morgan fingerprint density at radius 3 is 2.39 bits per heavy atom. The molecule has 0 saturated carbocycles. The third-order valence-corrected chi connectivity index (χ3v) is 6.68. The number of hydrogen-bond acceptors (Lipinski definition) is 6. The number of anilines is 2. The van der Waals surface area contributed by atoms with Gasteiger partial charge >= 0.3 is 0 Å². The van der Waals surface area contributed by atoms with Crippen molar-refractivity contribution in [1.29, 1.82) is 0 Å². The highest BCUT2D eigenvalue weighted by atomic mass is 35.5. The normalized spacial score (nSPS) is 16.6. The van der Waals surface area contributed by atoms with Crippen LogP contribution >= 0.6 is 11.6 Å². The molecule has 0 bridgehead atoms. The van der Waals surface area contributed by atoms with Gasteiger partial charge in [-0.15, -0.1) is 0 Å². The van der Waals surface area contributed by atoms with E-state index in [1.807, 2.05) is 63.2 Å². The van der Waals surface area contributed by atoms with Crippen LogP contribution < -0.4 is 19.3 Å². The molecule has 1 atom stereocenters. The number of rotatable bonds is 8. The summed E-state index contributed by atoms with van der Waals surface area (Å²) in [5, 5.41) is 11.9. The standard InChI is InChI=1S/C30H31ClN2O5/c1-6-15-38-24-10-8-7-9-23(24)33-26(19-11-13-20(14-12-19)32(3)4)25(28(35)30(33)36)27(34)21-16-18(2)17-22(31)29(21)37-5/h7-14,16-17,26,34H,6,15H2,1-5H3/b27-25+. The van der Waals surface area contributed by atoms with E-state index < -0.39 is 17.7 Å². The minimum atomic E-state index is -0.915. The van der Waals surface area contributed by atoms with Crippen LogP contribution in [-0.2, 0) is 9.59 Å². The Labute approximate surface area is 227 Å². The number of amides is 1. The molecule has 1 amide bonds. The maximum atomic E-state index is 13.6. The van der Waals surface area contributed by atoms with E-state index in [4.69, 9.17) is 21.1 Å². The van der Waals surface area contributed by atoms with E-state index in [0.29, 0.717) is 23.6 Å². The minimum absolute atomic E-state index is 0.0575. The Bertz CT molecular complexity index is 1400. The van der Waals surface area contributed by atoms with Gasteiger partial charge in [0.05, 0.1) is 41.6 Å². The molecule has 1 N–H and O–H groups in total. The summed E-state index contributed by atoms with van der Waals surface area (Å²) >= 11 is 6.40. The van der Waals surface area contributed by atoms with Crippen LogP contribution in [0.15, 0.2) is 66.2 Å². The molecule has 1 fully saturated rings. The molecular weight excluding hydrogens is 504 g/mol. The number of carbonyl (C=O) groups is 2. The van der Waals surface area contributed by atoms with E-state index in [0.717, 1.165) is 17.7 Å². The summed E-state index contributed by atoms with van der Waals surface area (Å²) in [4.78, 5) is 30.6. The molecule has 3 aromatic carbocycles. The predicted octanol–water partition coefficient (Wildman–Crippen LogP) is 6.14. The van der Waals surface area contributed by atoms with E-state index in [-0.39, 0.29) is 27.7 Å². The molecule has 0 aromatic heterocycles. The molecule has 1 heterocycles. The smallest absolute Gasteiger partial charge is 0.300 e. The van der Waals surface area contributed by atoms with Gasteiger partial charge in [0.25, 0.3) is 11.7 Å². The fourth-order valence-electron chi connectivity index (χ4n) is 4.60. The second-order valence-corrected chi connectivity index (χ2v) is 9.71. The maximum absolute atomic E-state index is 13.6. The first-order valence-electron chi connectivity index (χ1n) is 12.3. The summed E-state index contributed by atoms with van der Waals surface area (Å²) in [6.45, 7) is 4.25. The molecule has 8 heteroatoms. The molecule has 38 heavy (non-hydrogen) atoms. The van der Waals surface area contributed by atoms with E-state index >= 15 is 0 Å². The predicted molar refractivity (Wildman–Crippen MR) is 151 cm³/mol. The van der Waals surface area contributed by atoms with Gasteiger partial charge in [-0.2, -0.15) is 0 Å². The van der Waals surface area contributed by atoms with Crippen LogP contribution in [0.2, 0.25) is 5.02 Å². The van der Waals surface area contributed by atoms with Gasteiger partial charge in [-0.1, -0.05) is 42.8 Å². The van der Waals surface area contributed by atoms with Crippen molar-refractivity contribution in [2.75, 3.05) is 37.6 Å². The van der Waals surface area contributed by atoms with Crippen molar-refractivity contribution in [3.05, 3.63) is 87.9 Å². The number of aliphatic hydroxyl groups is 1. The molecule has 1 saturated heterocycles. The summed E-state index contributed by atoms with van der Waals surface area (Å²) in [5.74, 6) is -1.24. The number of ether oxygens (including phenoxy) is 2. The summed E-state index contributed by atoms with van der Waals surface area (Å²) in [6.07, 6.45) is 0.774. The Balaban J connectivity index is 1.99. The number of aliphatic hydroxyl groups excluding tert-OH is 1. The lowest BCUT2D eigenvalue weighted by molar-refractivity contribution is -0.132. The highest BCUT2D eigenvalue weighted by Crippen LogP contribution is 2.46. The number of carbonyl (C=O) groups excluding carboxylic acids is 2. The summed E-state index contributed by atoms with van der Waals surface area (Å²) in [5.41, 5.74) is 2.98. The van der Waals surface area contributed by atoms with E-state index in [1.165, 1.54) is 12.0 Å². The van der Waals surface area contributed by atoms with Gasteiger partial charge in [-0.25, -0.2) is 0 Å². The molecule has 1 aliphatic rings. The van der Waals surface area contributed by atoms with Crippen molar-refractivity contribution in [2.45, 2.75) is 26.3 Å². The van der Waals surface area contributed by atoms with Crippen LogP contribution in [-0.4, -0.2) is 44.6 Å². The van der Waals surface area contributed by atoms with Gasteiger partial charge in [0, 0.05) is 19.8 Å². The molecule has 0 spiro atoms. The average Bonchev–Trinajstić information content (AvgIpc) is 3.16. The SMILES string of the molecule is CCCOc1ccccc1N1C(=O)C(=O)/C(=C(/O)c2cc(C)cc(Cl)c2OC)C1c1ccc(N(C)C)cc1. The first-order chi connectivity index (χ1) is 18.2. The van der Waals surface area contributed by atoms with E-state index in [1.54, 1.807) is 30.3 Å². The average molecular weight is 535 g/mol. The number of nitrogens with zero attached hydrogens (tertiary/aromatic N) is 2. The van der Waals surface area contributed by atoms with Crippen LogP contribution in [0.5, 0.6) is 11.5 Å². The third-order valence-electron chi connectivity index (χ3n) is 6.40.